The predicted molar refractivity (Wildman–Crippen MR) is 67.2 cm³/mol. The van der Waals surface area contributed by atoms with Gasteiger partial charge >= 0.3 is 0 Å². The molecule has 1 saturated carbocycles. The number of rotatable bonds is 4. The molecular weight excluding hydrogens is 214 g/mol. The third-order valence-electron chi connectivity index (χ3n) is 2.89. The number of carbonyl (C=O) groups is 1. The van der Waals surface area contributed by atoms with E-state index < -0.39 is 0 Å². The van der Waals surface area contributed by atoms with Crippen molar-refractivity contribution < 1.29 is 4.79 Å². The highest BCUT2D eigenvalue weighted by Gasteiger charge is 2.29. The molecule has 1 N–H and O–H groups in total. The van der Waals surface area contributed by atoms with Crippen LogP contribution in [0.25, 0.3) is 0 Å². The Bertz CT molecular complexity index is 416. The van der Waals surface area contributed by atoms with Crippen LogP contribution in [0.4, 0.5) is 0 Å². The summed E-state index contributed by atoms with van der Waals surface area (Å²) in [7, 11) is 0. The minimum atomic E-state index is -0.00806. The zero-order chi connectivity index (χ0) is 12.6. The van der Waals surface area contributed by atoms with E-state index in [2.05, 4.69) is 24.3 Å². The van der Waals surface area contributed by atoms with Crippen LogP contribution < -0.4 is 5.32 Å². The van der Waals surface area contributed by atoms with Crippen LogP contribution in [0.15, 0.2) is 6.07 Å². The van der Waals surface area contributed by atoms with E-state index in [1.807, 2.05) is 24.6 Å². The Kier molecular flexibility index (Phi) is 3.22. The summed E-state index contributed by atoms with van der Waals surface area (Å²) < 4.78 is 1.91. The van der Waals surface area contributed by atoms with Crippen LogP contribution in [0, 0.1) is 0 Å². The number of nitrogens with one attached hydrogen (secondary N) is 1. The first-order valence-corrected chi connectivity index (χ1v) is 6.39. The first-order chi connectivity index (χ1) is 7.99. The molecule has 4 nitrogen and oxygen atoms in total. The maximum absolute atomic E-state index is 12.1. The molecule has 1 aromatic rings. The van der Waals surface area contributed by atoms with E-state index in [0.29, 0.717) is 17.7 Å². The van der Waals surface area contributed by atoms with Crippen molar-refractivity contribution in [2.24, 2.45) is 0 Å². The molecule has 1 heterocycles. The van der Waals surface area contributed by atoms with Gasteiger partial charge in [0, 0.05) is 6.04 Å². The van der Waals surface area contributed by atoms with E-state index in [-0.39, 0.29) is 11.9 Å². The molecule has 0 aliphatic heterocycles. The van der Waals surface area contributed by atoms with E-state index in [1.54, 1.807) is 0 Å². The summed E-state index contributed by atoms with van der Waals surface area (Å²) in [5, 5.41) is 7.49. The second-order valence-corrected chi connectivity index (χ2v) is 5.41. The number of hydrogen-bond acceptors (Lipinski definition) is 2. The average Bonchev–Trinajstić information content (AvgIpc) is 2.95. The highest BCUT2D eigenvalue weighted by atomic mass is 16.2. The molecule has 1 amide bonds. The molecule has 0 atom stereocenters. The molecular formula is C13H21N3O. The second kappa shape index (κ2) is 4.51. The number of nitrogens with zero attached hydrogens (tertiary/aromatic N) is 2. The molecule has 0 saturated heterocycles. The van der Waals surface area contributed by atoms with Crippen LogP contribution in [-0.4, -0.2) is 21.7 Å². The number of aromatic nitrogens is 2. The van der Waals surface area contributed by atoms with E-state index in [9.17, 15) is 4.79 Å². The van der Waals surface area contributed by atoms with E-state index in [1.165, 1.54) is 0 Å². The van der Waals surface area contributed by atoms with Gasteiger partial charge in [0.15, 0.2) is 0 Å². The van der Waals surface area contributed by atoms with Gasteiger partial charge in [0.05, 0.1) is 11.7 Å². The summed E-state index contributed by atoms with van der Waals surface area (Å²) in [5.41, 5.74) is 1.72. The maximum Gasteiger partial charge on any atom is 0.269 e. The van der Waals surface area contributed by atoms with Gasteiger partial charge < -0.3 is 5.32 Å². The Morgan fingerprint density at radius 3 is 2.53 bits per heavy atom. The molecule has 0 unspecified atom stereocenters. The van der Waals surface area contributed by atoms with Gasteiger partial charge in [-0.15, -0.1) is 0 Å². The fraction of sp³-hybridized carbons (Fsp3) is 0.692. The predicted octanol–water partition coefficient (Wildman–Crippen LogP) is 2.48. The van der Waals surface area contributed by atoms with Crippen LogP contribution in [0.5, 0.6) is 0 Å². The van der Waals surface area contributed by atoms with Gasteiger partial charge in [-0.25, -0.2) is 0 Å². The van der Waals surface area contributed by atoms with Crippen LogP contribution >= 0.6 is 0 Å². The topological polar surface area (TPSA) is 46.9 Å². The Labute approximate surface area is 102 Å². The fourth-order valence-corrected chi connectivity index (χ4v) is 1.80. The molecule has 1 aliphatic rings. The Morgan fingerprint density at radius 1 is 1.41 bits per heavy atom. The van der Waals surface area contributed by atoms with Crippen LogP contribution in [-0.2, 0) is 0 Å². The molecule has 2 rings (SSSR count). The minimum Gasteiger partial charge on any atom is -0.349 e. The van der Waals surface area contributed by atoms with Crippen LogP contribution in [0.2, 0.25) is 0 Å². The molecule has 0 aromatic carbocycles. The molecule has 1 aromatic heterocycles. The number of carbonyl (C=O) groups excluding carboxylic acids is 1. The zero-order valence-electron chi connectivity index (χ0n) is 11.0. The lowest BCUT2D eigenvalue weighted by molar-refractivity contribution is 0.0932. The first-order valence-electron chi connectivity index (χ1n) is 6.39. The lowest BCUT2D eigenvalue weighted by Crippen LogP contribution is -2.31. The monoisotopic (exact) mass is 235 g/mol. The second-order valence-electron chi connectivity index (χ2n) is 5.41. The molecule has 1 fully saturated rings. The summed E-state index contributed by atoms with van der Waals surface area (Å²) in [5.74, 6) is 0.354. The summed E-state index contributed by atoms with van der Waals surface area (Å²) in [6, 6.07) is 2.53. The summed E-state index contributed by atoms with van der Waals surface area (Å²) in [6.07, 6.45) is 2.28. The molecule has 94 valence electrons. The van der Waals surface area contributed by atoms with Crippen molar-refractivity contribution >= 4 is 5.91 Å². The minimum absolute atomic E-state index is 0.00806. The van der Waals surface area contributed by atoms with Gasteiger partial charge in [-0.05, 0) is 38.7 Å². The van der Waals surface area contributed by atoms with Crippen molar-refractivity contribution in [3.05, 3.63) is 17.5 Å². The third-order valence-corrected chi connectivity index (χ3v) is 2.89. The smallest absolute Gasteiger partial charge is 0.269 e. The Morgan fingerprint density at radius 2 is 2.06 bits per heavy atom. The number of amides is 1. The van der Waals surface area contributed by atoms with E-state index >= 15 is 0 Å². The van der Waals surface area contributed by atoms with Crippen molar-refractivity contribution in [1.29, 1.82) is 0 Å². The standard InChI is InChI=1S/C13H21N3O/c1-8(2)11-7-12(13(17)14-9(3)4)16(15-11)10-5-6-10/h7-10H,5-6H2,1-4H3,(H,14,17). The quantitative estimate of drug-likeness (QED) is 0.871. The molecule has 0 spiro atoms. The van der Waals surface area contributed by atoms with Crippen molar-refractivity contribution in [2.75, 3.05) is 0 Å². The van der Waals surface area contributed by atoms with Gasteiger partial charge in [-0.1, -0.05) is 13.8 Å². The Hall–Kier alpha value is -1.32. The van der Waals surface area contributed by atoms with Crippen molar-refractivity contribution in [1.82, 2.24) is 15.1 Å². The van der Waals surface area contributed by atoms with Crippen molar-refractivity contribution in [3.8, 4) is 0 Å². The van der Waals surface area contributed by atoms with Crippen LogP contribution in [0.3, 0.4) is 0 Å². The van der Waals surface area contributed by atoms with Crippen LogP contribution in [0.1, 0.15) is 68.7 Å². The van der Waals surface area contributed by atoms with Gasteiger partial charge in [0.2, 0.25) is 0 Å². The highest BCUT2D eigenvalue weighted by Crippen LogP contribution is 2.36. The van der Waals surface area contributed by atoms with Crippen molar-refractivity contribution in [2.45, 2.75) is 58.5 Å². The summed E-state index contributed by atoms with van der Waals surface area (Å²) in [6.45, 7) is 8.14. The summed E-state index contributed by atoms with van der Waals surface area (Å²) in [4.78, 5) is 12.1. The summed E-state index contributed by atoms with van der Waals surface area (Å²) >= 11 is 0. The molecule has 0 radical (unpaired) electrons. The first kappa shape index (κ1) is 12.1. The maximum atomic E-state index is 12.1. The molecule has 0 bridgehead atoms. The largest absolute Gasteiger partial charge is 0.349 e. The van der Waals surface area contributed by atoms with Gasteiger partial charge in [-0.2, -0.15) is 5.10 Å². The molecule has 4 heteroatoms. The lowest BCUT2D eigenvalue weighted by atomic mass is 10.1. The normalized spacial score (nSPS) is 15.6. The van der Waals surface area contributed by atoms with Crippen molar-refractivity contribution in [3.63, 3.8) is 0 Å². The molecule has 17 heavy (non-hydrogen) atoms. The van der Waals surface area contributed by atoms with E-state index in [0.717, 1.165) is 18.5 Å². The Balaban J connectivity index is 2.27. The fourth-order valence-electron chi connectivity index (χ4n) is 1.80. The molecule has 1 aliphatic carbocycles. The highest BCUT2D eigenvalue weighted by molar-refractivity contribution is 5.93. The van der Waals surface area contributed by atoms with Gasteiger partial charge in [0.1, 0.15) is 5.69 Å². The SMILES string of the molecule is CC(C)NC(=O)c1cc(C(C)C)nn1C1CC1. The average molecular weight is 235 g/mol. The van der Waals surface area contributed by atoms with Gasteiger partial charge in [-0.3, -0.25) is 9.48 Å². The van der Waals surface area contributed by atoms with E-state index in [4.69, 9.17) is 0 Å². The van der Waals surface area contributed by atoms with Gasteiger partial charge in [0.25, 0.3) is 5.91 Å². The third kappa shape index (κ3) is 2.68. The lowest BCUT2D eigenvalue weighted by Gasteiger charge is -2.09. The number of hydrogen-bond donors (Lipinski definition) is 1. The zero-order valence-corrected chi connectivity index (χ0v) is 11.0.